The number of carbonyl (C=O) groups excluding carboxylic acids is 1. The van der Waals surface area contributed by atoms with Crippen molar-refractivity contribution in [1.82, 2.24) is 0 Å². The molecule has 32 heavy (non-hydrogen) atoms. The van der Waals surface area contributed by atoms with E-state index in [2.05, 4.69) is 36.6 Å². The molecule has 3 rings (SSSR count). The van der Waals surface area contributed by atoms with Crippen molar-refractivity contribution < 1.29 is 14.3 Å². The number of benzene rings is 3. The first-order chi connectivity index (χ1) is 15.6. The molecule has 0 atom stereocenters. The van der Waals surface area contributed by atoms with Gasteiger partial charge < -0.3 is 20.1 Å². The maximum atomic E-state index is 12.4. The molecular weight excluding hydrogens is 400 g/mol. The monoisotopic (exact) mass is 432 g/mol. The quantitative estimate of drug-likeness (QED) is 0.381. The predicted molar refractivity (Wildman–Crippen MR) is 131 cm³/mol. The highest BCUT2D eigenvalue weighted by Gasteiger charge is 2.05. The van der Waals surface area contributed by atoms with Gasteiger partial charge in [0.25, 0.3) is 0 Å². The zero-order chi connectivity index (χ0) is 22.6. The molecule has 2 N–H and O–H groups in total. The molecule has 0 unspecified atom stereocenters. The summed E-state index contributed by atoms with van der Waals surface area (Å²) in [5.74, 6) is 2.01. The highest BCUT2D eigenvalue weighted by Crippen LogP contribution is 2.19. The third-order valence-electron chi connectivity index (χ3n) is 4.87. The normalized spacial score (nSPS) is 10.6. The van der Waals surface area contributed by atoms with E-state index in [9.17, 15) is 4.79 Å². The number of rotatable bonds is 12. The third-order valence-corrected chi connectivity index (χ3v) is 4.87. The van der Waals surface area contributed by atoms with E-state index < -0.39 is 0 Å². The van der Waals surface area contributed by atoms with Crippen LogP contribution in [0, 0.1) is 5.92 Å². The second-order valence-electron chi connectivity index (χ2n) is 8.07. The van der Waals surface area contributed by atoms with E-state index in [1.165, 1.54) is 5.56 Å². The van der Waals surface area contributed by atoms with Gasteiger partial charge >= 0.3 is 0 Å². The summed E-state index contributed by atoms with van der Waals surface area (Å²) in [6, 6.07) is 25.4. The van der Waals surface area contributed by atoms with Crippen molar-refractivity contribution in [2.24, 2.45) is 5.92 Å². The van der Waals surface area contributed by atoms with Crippen LogP contribution in [0.15, 0.2) is 78.9 Å². The van der Waals surface area contributed by atoms with Crippen LogP contribution in [0.4, 0.5) is 11.4 Å². The first kappa shape index (κ1) is 23.2. The number of hydrogen-bond acceptors (Lipinski definition) is 4. The van der Waals surface area contributed by atoms with E-state index in [0.29, 0.717) is 19.1 Å². The van der Waals surface area contributed by atoms with Crippen molar-refractivity contribution in [3.8, 4) is 11.5 Å². The Bertz CT molecular complexity index is 973. The molecule has 0 radical (unpaired) electrons. The van der Waals surface area contributed by atoms with Gasteiger partial charge in [0, 0.05) is 29.9 Å². The molecule has 0 aliphatic rings. The molecule has 0 saturated heterocycles. The summed E-state index contributed by atoms with van der Waals surface area (Å²) >= 11 is 0. The summed E-state index contributed by atoms with van der Waals surface area (Å²) in [5, 5.41) is 6.06. The van der Waals surface area contributed by atoms with E-state index in [1.807, 2.05) is 66.7 Å². The molecule has 0 bridgehead atoms. The van der Waals surface area contributed by atoms with Crippen molar-refractivity contribution >= 4 is 17.3 Å². The first-order valence-electron chi connectivity index (χ1n) is 11.1. The number of amides is 1. The van der Waals surface area contributed by atoms with Crippen LogP contribution in [-0.2, 0) is 11.2 Å². The van der Waals surface area contributed by atoms with Crippen LogP contribution in [-0.4, -0.2) is 25.7 Å². The van der Waals surface area contributed by atoms with Crippen molar-refractivity contribution in [3.63, 3.8) is 0 Å². The standard InChI is InChI=1S/C27H32N2O3/c1-21(2)14-16-31-26-13-7-11-24(19-26)29-27(30)20-28-23-10-6-12-25(18-23)32-17-15-22-8-4-3-5-9-22/h3-13,18-19,21,28H,14-17,20H2,1-2H3,(H,29,30). The van der Waals surface area contributed by atoms with Gasteiger partial charge in [-0.1, -0.05) is 56.3 Å². The van der Waals surface area contributed by atoms with Crippen LogP contribution in [0.2, 0.25) is 0 Å². The summed E-state index contributed by atoms with van der Waals surface area (Å²) in [7, 11) is 0. The van der Waals surface area contributed by atoms with Crippen molar-refractivity contribution in [3.05, 3.63) is 84.4 Å². The third kappa shape index (κ3) is 8.34. The average Bonchev–Trinajstić information content (AvgIpc) is 2.79. The minimum Gasteiger partial charge on any atom is -0.494 e. The highest BCUT2D eigenvalue weighted by molar-refractivity contribution is 5.93. The van der Waals surface area contributed by atoms with Crippen molar-refractivity contribution in [2.75, 3.05) is 30.4 Å². The van der Waals surface area contributed by atoms with Crippen LogP contribution < -0.4 is 20.1 Å². The largest absolute Gasteiger partial charge is 0.494 e. The zero-order valence-electron chi connectivity index (χ0n) is 18.8. The molecule has 5 nitrogen and oxygen atoms in total. The Balaban J connectivity index is 1.43. The van der Waals surface area contributed by atoms with Crippen molar-refractivity contribution in [2.45, 2.75) is 26.7 Å². The fourth-order valence-electron chi connectivity index (χ4n) is 3.09. The van der Waals surface area contributed by atoms with E-state index in [0.717, 1.165) is 35.7 Å². The molecule has 0 heterocycles. The topological polar surface area (TPSA) is 59.6 Å². The van der Waals surface area contributed by atoms with Gasteiger partial charge in [0.15, 0.2) is 0 Å². The summed E-state index contributed by atoms with van der Waals surface area (Å²) in [6.07, 6.45) is 1.84. The lowest BCUT2D eigenvalue weighted by Gasteiger charge is -2.12. The molecule has 0 fully saturated rings. The molecule has 0 aliphatic heterocycles. The number of anilines is 2. The Morgan fingerprint density at radius 3 is 2.19 bits per heavy atom. The lowest BCUT2D eigenvalue weighted by atomic mass is 10.1. The Kier molecular flexibility index (Phi) is 8.99. The number of ether oxygens (including phenoxy) is 2. The van der Waals surface area contributed by atoms with Gasteiger partial charge in [-0.05, 0) is 42.2 Å². The lowest BCUT2D eigenvalue weighted by Crippen LogP contribution is -2.21. The summed E-state index contributed by atoms with van der Waals surface area (Å²) in [5.41, 5.74) is 2.80. The molecule has 0 saturated carbocycles. The highest BCUT2D eigenvalue weighted by atomic mass is 16.5. The van der Waals surface area contributed by atoms with E-state index in [1.54, 1.807) is 0 Å². The molecule has 0 aromatic heterocycles. The fourth-order valence-corrected chi connectivity index (χ4v) is 3.09. The fraction of sp³-hybridized carbons (Fsp3) is 0.296. The van der Waals surface area contributed by atoms with Gasteiger partial charge in [0.1, 0.15) is 11.5 Å². The SMILES string of the molecule is CC(C)CCOc1cccc(NC(=O)CNc2cccc(OCCc3ccccc3)c2)c1. The van der Waals surface area contributed by atoms with E-state index >= 15 is 0 Å². The molecule has 0 spiro atoms. The van der Waals surface area contributed by atoms with Gasteiger partial charge in [-0.25, -0.2) is 0 Å². The lowest BCUT2D eigenvalue weighted by molar-refractivity contribution is -0.114. The zero-order valence-corrected chi connectivity index (χ0v) is 18.8. The van der Waals surface area contributed by atoms with Crippen LogP contribution in [0.3, 0.4) is 0 Å². The average molecular weight is 433 g/mol. The Morgan fingerprint density at radius 1 is 0.812 bits per heavy atom. The van der Waals surface area contributed by atoms with Crippen LogP contribution in [0.5, 0.6) is 11.5 Å². The van der Waals surface area contributed by atoms with Gasteiger partial charge in [0.05, 0.1) is 19.8 Å². The van der Waals surface area contributed by atoms with Gasteiger partial charge in [-0.2, -0.15) is 0 Å². The Morgan fingerprint density at radius 2 is 1.47 bits per heavy atom. The number of carbonyl (C=O) groups is 1. The molecule has 5 heteroatoms. The molecule has 1 amide bonds. The van der Waals surface area contributed by atoms with Crippen LogP contribution in [0.25, 0.3) is 0 Å². The van der Waals surface area contributed by atoms with Crippen LogP contribution >= 0.6 is 0 Å². The second-order valence-corrected chi connectivity index (χ2v) is 8.07. The van der Waals surface area contributed by atoms with Crippen LogP contribution in [0.1, 0.15) is 25.8 Å². The number of nitrogens with one attached hydrogen (secondary N) is 2. The second kappa shape index (κ2) is 12.4. The van der Waals surface area contributed by atoms with Gasteiger partial charge in [0.2, 0.25) is 5.91 Å². The van der Waals surface area contributed by atoms with Crippen molar-refractivity contribution in [1.29, 1.82) is 0 Å². The smallest absolute Gasteiger partial charge is 0.243 e. The molecule has 3 aromatic rings. The summed E-state index contributed by atoms with van der Waals surface area (Å²) < 4.78 is 11.6. The first-order valence-corrected chi connectivity index (χ1v) is 11.1. The molecule has 168 valence electrons. The minimum atomic E-state index is -0.125. The summed E-state index contributed by atoms with van der Waals surface area (Å²) in [6.45, 7) is 5.76. The number of hydrogen-bond donors (Lipinski definition) is 2. The van der Waals surface area contributed by atoms with E-state index in [-0.39, 0.29) is 12.5 Å². The van der Waals surface area contributed by atoms with E-state index in [4.69, 9.17) is 9.47 Å². The van der Waals surface area contributed by atoms with Gasteiger partial charge in [-0.3, -0.25) is 4.79 Å². The molecule has 3 aromatic carbocycles. The summed E-state index contributed by atoms with van der Waals surface area (Å²) in [4.78, 5) is 12.4. The maximum Gasteiger partial charge on any atom is 0.243 e. The maximum absolute atomic E-state index is 12.4. The molecular formula is C27H32N2O3. The minimum absolute atomic E-state index is 0.125. The van der Waals surface area contributed by atoms with Gasteiger partial charge in [-0.15, -0.1) is 0 Å². The Hall–Kier alpha value is -3.47. The Labute approximate surface area is 190 Å². The molecule has 0 aliphatic carbocycles. The predicted octanol–water partition coefficient (Wildman–Crippen LogP) is 5.78.